The van der Waals surface area contributed by atoms with Gasteiger partial charge in [0.15, 0.2) is 0 Å². The molecule has 0 amide bonds. The van der Waals surface area contributed by atoms with Crippen LogP contribution in [0.1, 0.15) is 24.5 Å². The zero-order chi connectivity index (χ0) is 19.8. The summed E-state index contributed by atoms with van der Waals surface area (Å²) in [6.07, 6.45) is 2.27. The summed E-state index contributed by atoms with van der Waals surface area (Å²) < 4.78 is 46.7. The van der Waals surface area contributed by atoms with E-state index in [-0.39, 0.29) is 11.8 Å². The molecule has 0 N–H and O–H groups in total. The molecule has 0 radical (unpaired) electrons. The minimum Gasteiger partial charge on any atom is -0.406 e. The largest absolute Gasteiger partial charge is 0.573 e. The first kappa shape index (κ1) is 19.5. The molecule has 3 rings (SSSR count). The Balaban J connectivity index is 1.97. The van der Waals surface area contributed by atoms with E-state index in [2.05, 4.69) is 27.8 Å². The number of alkyl halides is 3. The summed E-state index contributed by atoms with van der Waals surface area (Å²) in [7, 11) is 3.71. The summed E-state index contributed by atoms with van der Waals surface area (Å²) in [5.41, 5.74) is 4.77. The second-order valence-corrected chi connectivity index (χ2v) is 6.63. The Morgan fingerprint density at radius 3 is 2.56 bits per heavy atom. The van der Waals surface area contributed by atoms with Crippen molar-refractivity contribution in [2.75, 3.05) is 20.8 Å². The molecule has 0 aliphatic carbocycles. The number of allylic oxidation sites excluding steroid dienone is 3. The maximum atomic E-state index is 12.4. The second kappa shape index (κ2) is 7.40. The average molecular weight is 380 g/mol. The lowest BCUT2D eigenvalue weighted by Gasteiger charge is -2.30. The van der Waals surface area contributed by atoms with Gasteiger partial charge in [-0.1, -0.05) is 13.0 Å². The van der Waals surface area contributed by atoms with Gasteiger partial charge in [-0.15, -0.1) is 13.2 Å². The van der Waals surface area contributed by atoms with Gasteiger partial charge in [0.2, 0.25) is 0 Å². The highest BCUT2D eigenvalue weighted by molar-refractivity contribution is 5.79. The minimum absolute atomic E-state index is 0.211. The van der Waals surface area contributed by atoms with Crippen LogP contribution in [0.3, 0.4) is 0 Å². The topological polar surface area (TPSA) is 24.9 Å². The number of rotatable bonds is 5. The lowest BCUT2D eigenvalue weighted by atomic mass is 9.96. The maximum Gasteiger partial charge on any atom is 0.573 e. The number of likely N-dealkylation sites (N-methyl/N-ethyl adjacent to an activating group) is 1. The Bertz CT molecular complexity index is 812. The molecule has 1 aromatic rings. The molecule has 2 aliphatic rings. The fourth-order valence-electron chi connectivity index (χ4n) is 3.72. The lowest BCUT2D eigenvalue weighted by Crippen LogP contribution is -2.36. The van der Waals surface area contributed by atoms with Crippen LogP contribution in [-0.4, -0.2) is 43.2 Å². The van der Waals surface area contributed by atoms with Crippen molar-refractivity contribution < 1.29 is 22.6 Å². The molecule has 146 valence electrons. The normalized spacial score (nSPS) is 20.2. The van der Waals surface area contributed by atoms with Gasteiger partial charge in [0.25, 0.3) is 0 Å². The monoisotopic (exact) mass is 380 g/mol. The number of ether oxygens (including phenoxy) is 2. The van der Waals surface area contributed by atoms with E-state index >= 15 is 0 Å². The van der Waals surface area contributed by atoms with Gasteiger partial charge in [0.05, 0.1) is 18.3 Å². The smallest absolute Gasteiger partial charge is 0.406 e. The van der Waals surface area contributed by atoms with Crippen molar-refractivity contribution in [1.82, 2.24) is 10.0 Å². The van der Waals surface area contributed by atoms with E-state index in [1.807, 2.05) is 19.3 Å². The molecule has 4 nitrogen and oxygen atoms in total. The van der Waals surface area contributed by atoms with Gasteiger partial charge in [0, 0.05) is 20.4 Å². The Hall–Kier alpha value is -2.25. The molecular formula is C20H23F3N2O2. The Morgan fingerprint density at radius 2 is 1.96 bits per heavy atom. The third-order valence-corrected chi connectivity index (χ3v) is 4.89. The summed E-state index contributed by atoms with van der Waals surface area (Å²) in [6.45, 7) is 4.44. The Morgan fingerprint density at radius 1 is 1.22 bits per heavy atom. The van der Waals surface area contributed by atoms with Crippen LogP contribution in [-0.2, 0) is 4.74 Å². The van der Waals surface area contributed by atoms with Crippen molar-refractivity contribution in [3.8, 4) is 5.75 Å². The molecule has 0 saturated heterocycles. The zero-order valence-corrected chi connectivity index (χ0v) is 15.8. The summed E-state index contributed by atoms with van der Waals surface area (Å²) >= 11 is 0. The molecule has 0 fully saturated rings. The van der Waals surface area contributed by atoms with Crippen molar-refractivity contribution in [1.29, 1.82) is 0 Å². The first-order valence-electron chi connectivity index (χ1n) is 8.75. The van der Waals surface area contributed by atoms with E-state index in [9.17, 15) is 13.2 Å². The van der Waals surface area contributed by atoms with Gasteiger partial charge in [0.1, 0.15) is 5.75 Å². The number of hydrazine groups is 1. The fourth-order valence-corrected chi connectivity index (χ4v) is 3.72. The molecule has 1 atom stereocenters. The van der Waals surface area contributed by atoms with Gasteiger partial charge in [-0.2, -0.15) is 0 Å². The molecule has 1 aromatic carbocycles. The number of methoxy groups -OCH3 is 1. The van der Waals surface area contributed by atoms with Crippen LogP contribution in [0.25, 0.3) is 5.57 Å². The van der Waals surface area contributed by atoms with E-state index < -0.39 is 6.36 Å². The summed E-state index contributed by atoms with van der Waals surface area (Å²) in [4.78, 5) is 0. The molecule has 27 heavy (non-hydrogen) atoms. The van der Waals surface area contributed by atoms with E-state index in [4.69, 9.17) is 4.74 Å². The fraction of sp³-hybridized carbons (Fsp3) is 0.400. The van der Waals surface area contributed by atoms with Gasteiger partial charge >= 0.3 is 6.36 Å². The van der Waals surface area contributed by atoms with Gasteiger partial charge in [-0.05, 0) is 59.9 Å². The maximum absolute atomic E-state index is 12.4. The number of hydrogen-bond donors (Lipinski definition) is 0. The number of aryl methyl sites for hydroxylation is 1. The van der Waals surface area contributed by atoms with Crippen LogP contribution in [0.2, 0.25) is 0 Å². The number of fused-ring (bicyclic) bond motifs is 1. The van der Waals surface area contributed by atoms with Crippen LogP contribution < -0.4 is 4.74 Å². The van der Waals surface area contributed by atoms with Gasteiger partial charge in [-0.25, -0.2) is 5.01 Å². The standard InChI is InChI=1S/C20H23F3N2O2/c1-5-18-17(12-26-4)19-11-14(8-9-25(19)24(18)3)16-7-6-15(10-13(16)2)27-20(21,22)23/h6-11,18H,5,12H2,1-4H3. The predicted octanol–water partition coefficient (Wildman–Crippen LogP) is 4.65. The molecule has 0 spiro atoms. The van der Waals surface area contributed by atoms with Crippen LogP contribution in [0.5, 0.6) is 5.75 Å². The quantitative estimate of drug-likeness (QED) is 0.743. The highest BCUT2D eigenvalue weighted by Crippen LogP contribution is 2.37. The van der Waals surface area contributed by atoms with Crippen molar-refractivity contribution in [3.05, 3.63) is 58.9 Å². The number of nitrogens with zero attached hydrogens (tertiary/aromatic N) is 2. The van der Waals surface area contributed by atoms with Crippen LogP contribution >= 0.6 is 0 Å². The van der Waals surface area contributed by atoms with Crippen molar-refractivity contribution in [2.24, 2.45) is 0 Å². The first-order valence-corrected chi connectivity index (χ1v) is 8.75. The highest BCUT2D eigenvalue weighted by Gasteiger charge is 2.35. The zero-order valence-electron chi connectivity index (χ0n) is 15.8. The van der Waals surface area contributed by atoms with Crippen molar-refractivity contribution >= 4 is 5.57 Å². The third kappa shape index (κ3) is 3.89. The molecular weight excluding hydrogens is 357 g/mol. The first-order chi connectivity index (χ1) is 12.7. The third-order valence-electron chi connectivity index (χ3n) is 4.89. The van der Waals surface area contributed by atoms with Crippen LogP contribution in [0, 0.1) is 6.92 Å². The second-order valence-electron chi connectivity index (χ2n) is 6.63. The molecule has 7 heteroatoms. The highest BCUT2D eigenvalue weighted by atomic mass is 19.4. The van der Waals surface area contributed by atoms with Crippen molar-refractivity contribution in [3.63, 3.8) is 0 Å². The number of halogens is 3. The van der Waals surface area contributed by atoms with E-state index in [0.29, 0.717) is 12.2 Å². The molecule has 1 unspecified atom stereocenters. The number of benzene rings is 1. The molecule has 2 aliphatic heterocycles. The van der Waals surface area contributed by atoms with E-state index in [1.54, 1.807) is 20.1 Å². The SMILES string of the molecule is CCC1C(COC)=C2C=C(c3ccc(OC(F)(F)F)cc3C)C=CN2N1C. The van der Waals surface area contributed by atoms with Crippen LogP contribution in [0.4, 0.5) is 13.2 Å². The predicted molar refractivity (Wildman–Crippen MR) is 97.6 cm³/mol. The summed E-state index contributed by atoms with van der Waals surface area (Å²) in [5, 5.41) is 4.25. The Kier molecular flexibility index (Phi) is 5.35. The van der Waals surface area contributed by atoms with Crippen molar-refractivity contribution in [2.45, 2.75) is 32.7 Å². The van der Waals surface area contributed by atoms with Gasteiger partial charge in [-0.3, -0.25) is 5.01 Å². The van der Waals surface area contributed by atoms with E-state index in [1.165, 1.54) is 17.7 Å². The molecule has 0 aromatic heterocycles. The lowest BCUT2D eigenvalue weighted by molar-refractivity contribution is -0.274. The molecule has 2 heterocycles. The molecule has 0 saturated carbocycles. The summed E-state index contributed by atoms with van der Waals surface area (Å²) in [6, 6.07) is 4.67. The van der Waals surface area contributed by atoms with Crippen LogP contribution in [0.15, 0.2) is 47.8 Å². The summed E-state index contributed by atoms with van der Waals surface area (Å²) in [5.74, 6) is -0.211. The van der Waals surface area contributed by atoms with E-state index in [0.717, 1.165) is 23.3 Å². The molecule has 0 bridgehead atoms. The minimum atomic E-state index is -4.69. The number of hydrogen-bond acceptors (Lipinski definition) is 4. The average Bonchev–Trinajstić information content (AvgIpc) is 2.85. The van der Waals surface area contributed by atoms with Gasteiger partial charge < -0.3 is 9.47 Å². The Labute approximate surface area is 157 Å².